The van der Waals surface area contributed by atoms with E-state index in [2.05, 4.69) is 27.3 Å². The van der Waals surface area contributed by atoms with Crippen LogP contribution in [0, 0.1) is 5.82 Å². The van der Waals surface area contributed by atoms with Crippen LogP contribution in [0.1, 0.15) is 29.4 Å². The summed E-state index contributed by atoms with van der Waals surface area (Å²) in [7, 11) is 0. The van der Waals surface area contributed by atoms with Crippen LogP contribution < -0.4 is 5.32 Å². The van der Waals surface area contributed by atoms with Gasteiger partial charge in [0.2, 0.25) is 0 Å². The second kappa shape index (κ2) is 6.47. The molecule has 1 heterocycles. The highest BCUT2D eigenvalue weighted by Gasteiger charge is 2.31. The van der Waals surface area contributed by atoms with Gasteiger partial charge in [0.1, 0.15) is 5.82 Å². The molecule has 1 saturated heterocycles. The normalized spacial score (nSPS) is 22.2. The predicted octanol–water partition coefficient (Wildman–Crippen LogP) is 5.10. The molecule has 1 nitrogen and oxygen atoms in total. The lowest BCUT2D eigenvalue weighted by atomic mass is 9.77. The first-order valence-corrected chi connectivity index (χ1v) is 8.24. The third-order valence-corrected chi connectivity index (χ3v) is 5.18. The van der Waals surface area contributed by atoms with E-state index in [1.807, 2.05) is 30.3 Å². The van der Waals surface area contributed by atoms with E-state index in [9.17, 15) is 4.39 Å². The zero-order chi connectivity index (χ0) is 14.8. The van der Waals surface area contributed by atoms with E-state index in [-0.39, 0.29) is 22.7 Å². The first kappa shape index (κ1) is 15.0. The lowest BCUT2D eigenvalue weighted by Gasteiger charge is -2.33. The van der Waals surface area contributed by atoms with Crippen molar-refractivity contribution >= 4 is 27.5 Å². The number of benzene rings is 2. The second-order valence-electron chi connectivity index (χ2n) is 5.37. The van der Waals surface area contributed by atoms with Crippen LogP contribution in [0.4, 0.5) is 4.39 Å². The highest BCUT2D eigenvalue weighted by Crippen LogP contribution is 2.41. The van der Waals surface area contributed by atoms with Crippen LogP contribution in [0.25, 0.3) is 0 Å². The van der Waals surface area contributed by atoms with Gasteiger partial charge < -0.3 is 5.32 Å². The molecular weight excluding hydrogens is 353 g/mol. The fourth-order valence-electron chi connectivity index (χ4n) is 3.14. The monoisotopic (exact) mass is 367 g/mol. The van der Waals surface area contributed by atoms with Crippen molar-refractivity contribution in [3.05, 3.63) is 68.9 Å². The molecule has 0 spiro atoms. The van der Waals surface area contributed by atoms with Gasteiger partial charge in [-0.3, -0.25) is 0 Å². The number of rotatable bonds is 2. The molecule has 3 rings (SSSR count). The fraction of sp³-hybridized carbons (Fsp3) is 0.294. The van der Waals surface area contributed by atoms with Crippen molar-refractivity contribution in [2.45, 2.75) is 18.3 Å². The number of piperidine rings is 1. The molecule has 1 N–H and O–H groups in total. The summed E-state index contributed by atoms with van der Waals surface area (Å²) in [4.78, 5) is 0. The molecule has 0 amide bonds. The van der Waals surface area contributed by atoms with Gasteiger partial charge in [-0.25, -0.2) is 4.39 Å². The smallest absolute Gasteiger partial charge is 0.145 e. The van der Waals surface area contributed by atoms with Crippen molar-refractivity contribution in [3.63, 3.8) is 0 Å². The Morgan fingerprint density at radius 1 is 1.05 bits per heavy atom. The Balaban J connectivity index is 2.03. The summed E-state index contributed by atoms with van der Waals surface area (Å²) < 4.78 is 15.5. The average Bonchev–Trinajstić information content (AvgIpc) is 2.51. The summed E-state index contributed by atoms with van der Waals surface area (Å²) in [6, 6.07) is 13.5. The molecule has 0 aromatic heterocycles. The third-order valence-electron chi connectivity index (χ3n) is 4.17. The molecule has 21 heavy (non-hydrogen) atoms. The number of hydrogen-bond acceptors (Lipinski definition) is 1. The van der Waals surface area contributed by atoms with E-state index in [4.69, 9.17) is 11.6 Å². The molecule has 2 atom stereocenters. The first-order valence-electron chi connectivity index (χ1n) is 7.07. The van der Waals surface area contributed by atoms with E-state index < -0.39 is 0 Å². The zero-order valence-corrected chi connectivity index (χ0v) is 13.8. The average molecular weight is 369 g/mol. The van der Waals surface area contributed by atoms with E-state index in [1.165, 1.54) is 5.56 Å². The second-order valence-corrected chi connectivity index (χ2v) is 6.63. The largest absolute Gasteiger partial charge is 0.316 e. The SMILES string of the molecule is Fc1c(Cl)cccc1C1CCNCC1c1ccccc1Br. The standard InChI is InChI=1S/C17H16BrClFN/c18-15-6-2-1-4-12(15)14-10-21-9-8-11(14)13-5-3-7-16(19)17(13)20/h1-7,11,14,21H,8-10H2. The summed E-state index contributed by atoms with van der Waals surface area (Å²) in [5.41, 5.74) is 1.94. The van der Waals surface area contributed by atoms with Gasteiger partial charge >= 0.3 is 0 Å². The Bertz CT molecular complexity index is 646. The van der Waals surface area contributed by atoms with Crippen LogP contribution in [0.15, 0.2) is 46.9 Å². The highest BCUT2D eigenvalue weighted by atomic mass is 79.9. The first-order chi connectivity index (χ1) is 10.2. The maximum Gasteiger partial charge on any atom is 0.145 e. The summed E-state index contributed by atoms with van der Waals surface area (Å²) in [6.45, 7) is 1.75. The van der Waals surface area contributed by atoms with Gasteiger partial charge in [0.05, 0.1) is 5.02 Å². The maximum absolute atomic E-state index is 14.4. The topological polar surface area (TPSA) is 12.0 Å². The van der Waals surface area contributed by atoms with Gasteiger partial charge in [0.15, 0.2) is 0 Å². The van der Waals surface area contributed by atoms with Crippen LogP contribution in [0.5, 0.6) is 0 Å². The quantitative estimate of drug-likeness (QED) is 0.777. The number of halogens is 3. The van der Waals surface area contributed by atoms with Gasteiger partial charge in [-0.1, -0.05) is 57.9 Å². The molecular formula is C17H16BrClFN. The molecule has 0 aliphatic carbocycles. The summed E-state index contributed by atoms with van der Waals surface area (Å²) in [6.07, 6.45) is 0.906. The van der Waals surface area contributed by atoms with Gasteiger partial charge in [0, 0.05) is 16.9 Å². The van der Waals surface area contributed by atoms with E-state index in [0.717, 1.165) is 29.5 Å². The maximum atomic E-state index is 14.4. The lowest BCUT2D eigenvalue weighted by Crippen LogP contribution is -2.34. The Labute approximate surface area is 137 Å². The summed E-state index contributed by atoms with van der Waals surface area (Å²) in [5.74, 6) is 0.106. The molecule has 1 fully saturated rings. The molecule has 4 heteroatoms. The summed E-state index contributed by atoms with van der Waals surface area (Å²) in [5, 5.41) is 3.62. The van der Waals surface area contributed by atoms with Crippen molar-refractivity contribution in [1.29, 1.82) is 0 Å². The van der Waals surface area contributed by atoms with Crippen molar-refractivity contribution in [3.8, 4) is 0 Å². The van der Waals surface area contributed by atoms with Crippen molar-refractivity contribution in [2.75, 3.05) is 13.1 Å². The number of nitrogens with one attached hydrogen (secondary N) is 1. The van der Waals surface area contributed by atoms with Crippen LogP contribution in [0.2, 0.25) is 5.02 Å². The van der Waals surface area contributed by atoms with E-state index in [0.29, 0.717) is 0 Å². The highest BCUT2D eigenvalue weighted by molar-refractivity contribution is 9.10. The van der Waals surface area contributed by atoms with Gasteiger partial charge in [-0.15, -0.1) is 0 Å². The minimum absolute atomic E-state index is 0.142. The van der Waals surface area contributed by atoms with Gasteiger partial charge in [0.25, 0.3) is 0 Å². The van der Waals surface area contributed by atoms with Crippen LogP contribution in [-0.4, -0.2) is 13.1 Å². The lowest BCUT2D eigenvalue weighted by molar-refractivity contribution is 0.392. The molecule has 2 aromatic rings. The minimum Gasteiger partial charge on any atom is -0.316 e. The van der Waals surface area contributed by atoms with Crippen LogP contribution >= 0.6 is 27.5 Å². The Morgan fingerprint density at radius 2 is 1.81 bits per heavy atom. The molecule has 110 valence electrons. The van der Waals surface area contributed by atoms with E-state index >= 15 is 0 Å². The summed E-state index contributed by atoms with van der Waals surface area (Å²) >= 11 is 9.58. The Morgan fingerprint density at radius 3 is 2.62 bits per heavy atom. The van der Waals surface area contributed by atoms with Crippen LogP contribution in [0.3, 0.4) is 0 Å². The molecule has 2 unspecified atom stereocenters. The van der Waals surface area contributed by atoms with Gasteiger partial charge in [-0.2, -0.15) is 0 Å². The van der Waals surface area contributed by atoms with Crippen molar-refractivity contribution in [2.24, 2.45) is 0 Å². The van der Waals surface area contributed by atoms with Crippen molar-refractivity contribution < 1.29 is 4.39 Å². The van der Waals surface area contributed by atoms with Gasteiger partial charge in [-0.05, 0) is 42.1 Å². The molecule has 2 aromatic carbocycles. The zero-order valence-electron chi connectivity index (χ0n) is 11.5. The fourth-order valence-corrected chi connectivity index (χ4v) is 3.90. The Hall–Kier alpha value is -0.900. The van der Waals surface area contributed by atoms with E-state index in [1.54, 1.807) is 6.07 Å². The molecule has 0 radical (unpaired) electrons. The number of hydrogen-bond donors (Lipinski definition) is 1. The third kappa shape index (κ3) is 3.01. The van der Waals surface area contributed by atoms with Crippen LogP contribution in [-0.2, 0) is 0 Å². The Kier molecular flexibility index (Phi) is 4.63. The molecule has 0 saturated carbocycles. The predicted molar refractivity (Wildman–Crippen MR) is 88.5 cm³/mol. The molecule has 0 bridgehead atoms. The minimum atomic E-state index is -0.275. The van der Waals surface area contributed by atoms with Crippen molar-refractivity contribution in [1.82, 2.24) is 5.32 Å². The molecule has 1 aliphatic rings. The molecule has 1 aliphatic heterocycles.